The van der Waals surface area contributed by atoms with Gasteiger partial charge in [-0.2, -0.15) is 4.98 Å². The standard InChI is InChI=1S/C24H35FN6O2/c1-7-29-12-16(4)30(13-15(29)3)23(32)31-14-17-18(24(31,5)6)11-26-21(17)28-22-19(25)9-10-20(27-22)33-8-2/h9-10,15-16H,7-8,11-14H2,1-6H3,(H,26,27,28)/t15-,16+/m1/s1. The van der Waals surface area contributed by atoms with Crippen molar-refractivity contribution < 1.29 is 13.9 Å². The molecule has 0 aliphatic carbocycles. The molecule has 1 aromatic rings. The minimum absolute atomic E-state index is 0.0477. The fourth-order valence-electron chi connectivity index (χ4n) is 5.08. The molecule has 4 rings (SSSR count). The number of rotatable bonds is 4. The predicted molar refractivity (Wildman–Crippen MR) is 127 cm³/mol. The quantitative estimate of drug-likeness (QED) is 0.749. The Hall–Kier alpha value is -2.68. The first-order valence-electron chi connectivity index (χ1n) is 11.8. The second-order valence-corrected chi connectivity index (χ2v) is 9.53. The lowest BCUT2D eigenvalue weighted by Crippen LogP contribution is -2.62. The number of hydrogen-bond donors (Lipinski definition) is 1. The maximum atomic E-state index is 14.4. The molecule has 0 spiro atoms. The van der Waals surface area contributed by atoms with Crippen molar-refractivity contribution in [2.75, 3.05) is 44.6 Å². The SMILES string of the molecule is CCOc1ccc(F)c(NC2=NCC3=C2CN(C(=O)N2C[C@@H](C)N(CC)C[C@@H]2C)C3(C)C)n1. The van der Waals surface area contributed by atoms with E-state index >= 15 is 0 Å². The number of amidine groups is 1. The van der Waals surface area contributed by atoms with Crippen molar-refractivity contribution in [2.45, 2.75) is 59.2 Å². The third-order valence-corrected chi connectivity index (χ3v) is 7.12. The average Bonchev–Trinajstić information content (AvgIpc) is 3.29. The van der Waals surface area contributed by atoms with Crippen LogP contribution in [0.1, 0.15) is 41.5 Å². The van der Waals surface area contributed by atoms with Crippen LogP contribution in [0.3, 0.4) is 0 Å². The molecule has 180 valence electrons. The fraction of sp³-hybridized carbons (Fsp3) is 0.625. The highest BCUT2D eigenvalue weighted by Gasteiger charge is 2.47. The lowest BCUT2D eigenvalue weighted by molar-refractivity contribution is 0.0454. The number of urea groups is 1. The highest BCUT2D eigenvalue weighted by atomic mass is 19.1. The Morgan fingerprint density at radius 1 is 1.24 bits per heavy atom. The Labute approximate surface area is 195 Å². The monoisotopic (exact) mass is 458 g/mol. The molecule has 2 atom stereocenters. The first kappa shape index (κ1) is 23.5. The molecule has 1 N–H and O–H groups in total. The summed E-state index contributed by atoms with van der Waals surface area (Å²) in [4.78, 5) is 28.9. The molecule has 8 nitrogen and oxygen atoms in total. The second kappa shape index (κ2) is 8.93. The van der Waals surface area contributed by atoms with Crippen LogP contribution in [0.5, 0.6) is 5.88 Å². The first-order chi connectivity index (χ1) is 15.7. The number of carbonyl (C=O) groups is 1. The first-order valence-corrected chi connectivity index (χ1v) is 11.8. The maximum absolute atomic E-state index is 14.4. The predicted octanol–water partition coefficient (Wildman–Crippen LogP) is 3.37. The van der Waals surface area contributed by atoms with Gasteiger partial charge in [0.1, 0.15) is 5.84 Å². The van der Waals surface area contributed by atoms with Gasteiger partial charge in [-0.15, -0.1) is 0 Å². The lowest BCUT2D eigenvalue weighted by Gasteiger charge is -2.47. The van der Waals surface area contributed by atoms with Crippen molar-refractivity contribution in [3.05, 3.63) is 29.1 Å². The van der Waals surface area contributed by atoms with Crippen LogP contribution in [0, 0.1) is 5.82 Å². The van der Waals surface area contributed by atoms with E-state index in [9.17, 15) is 9.18 Å². The number of aliphatic imine (C=N–C) groups is 1. The molecule has 4 heterocycles. The molecule has 2 amide bonds. The lowest BCUT2D eigenvalue weighted by atomic mass is 9.94. The Balaban J connectivity index is 1.52. The van der Waals surface area contributed by atoms with Crippen LogP contribution in [0.2, 0.25) is 0 Å². The molecule has 0 aromatic carbocycles. The molecule has 0 saturated carbocycles. The zero-order chi connectivity index (χ0) is 23.9. The van der Waals surface area contributed by atoms with Crippen molar-refractivity contribution in [1.82, 2.24) is 19.7 Å². The summed E-state index contributed by atoms with van der Waals surface area (Å²) in [6.45, 7) is 16.4. The number of nitrogens with one attached hydrogen (secondary N) is 1. The Morgan fingerprint density at radius 2 is 2.00 bits per heavy atom. The van der Waals surface area contributed by atoms with Crippen molar-refractivity contribution in [3.8, 4) is 5.88 Å². The average molecular weight is 459 g/mol. The van der Waals surface area contributed by atoms with E-state index in [0.29, 0.717) is 44.0 Å². The molecule has 0 unspecified atom stereocenters. The number of pyridine rings is 1. The van der Waals surface area contributed by atoms with Crippen LogP contribution >= 0.6 is 0 Å². The van der Waals surface area contributed by atoms with Gasteiger partial charge in [-0.3, -0.25) is 9.89 Å². The fourth-order valence-corrected chi connectivity index (χ4v) is 5.08. The van der Waals surface area contributed by atoms with Crippen LogP contribution in [-0.4, -0.2) is 88.5 Å². The number of ether oxygens (including phenoxy) is 1. The van der Waals surface area contributed by atoms with Gasteiger partial charge in [0.2, 0.25) is 5.88 Å². The highest BCUT2D eigenvalue weighted by molar-refractivity contribution is 6.11. The molecular weight excluding hydrogens is 423 g/mol. The number of carbonyl (C=O) groups excluding carboxylic acids is 1. The largest absolute Gasteiger partial charge is 0.478 e. The van der Waals surface area contributed by atoms with E-state index in [1.807, 2.05) is 16.7 Å². The van der Waals surface area contributed by atoms with E-state index in [2.05, 4.69) is 54.8 Å². The molecule has 0 bridgehead atoms. The summed E-state index contributed by atoms with van der Waals surface area (Å²) in [6, 6.07) is 3.35. The molecule has 0 radical (unpaired) electrons. The summed E-state index contributed by atoms with van der Waals surface area (Å²) in [6.07, 6.45) is 0. The zero-order valence-corrected chi connectivity index (χ0v) is 20.5. The van der Waals surface area contributed by atoms with Crippen LogP contribution in [0.25, 0.3) is 0 Å². The minimum Gasteiger partial charge on any atom is -0.478 e. The molecule has 3 aliphatic rings. The van der Waals surface area contributed by atoms with Crippen LogP contribution < -0.4 is 10.1 Å². The van der Waals surface area contributed by atoms with Crippen LogP contribution in [0.15, 0.2) is 28.3 Å². The van der Waals surface area contributed by atoms with E-state index in [-0.39, 0.29) is 17.9 Å². The van der Waals surface area contributed by atoms with Crippen LogP contribution in [0.4, 0.5) is 15.0 Å². The third kappa shape index (κ3) is 4.18. The van der Waals surface area contributed by atoms with Gasteiger partial charge in [-0.25, -0.2) is 9.18 Å². The molecule has 1 aromatic heterocycles. The minimum atomic E-state index is -0.475. The van der Waals surface area contributed by atoms with Crippen molar-refractivity contribution in [1.29, 1.82) is 0 Å². The van der Waals surface area contributed by atoms with Crippen molar-refractivity contribution >= 4 is 17.7 Å². The van der Waals surface area contributed by atoms with Gasteiger partial charge in [0.15, 0.2) is 11.6 Å². The normalized spacial score (nSPS) is 24.8. The van der Waals surface area contributed by atoms with Crippen molar-refractivity contribution in [2.24, 2.45) is 4.99 Å². The Morgan fingerprint density at radius 3 is 2.70 bits per heavy atom. The van der Waals surface area contributed by atoms with E-state index in [1.54, 1.807) is 0 Å². The van der Waals surface area contributed by atoms with Crippen molar-refractivity contribution in [3.63, 3.8) is 0 Å². The molecule has 1 fully saturated rings. The summed E-state index contributed by atoms with van der Waals surface area (Å²) in [5.74, 6) is 0.531. The van der Waals surface area contributed by atoms with E-state index in [4.69, 9.17) is 4.74 Å². The maximum Gasteiger partial charge on any atom is 0.321 e. The van der Waals surface area contributed by atoms with Gasteiger partial charge in [-0.05, 0) is 52.8 Å². The molecular formula is C24H35FN6O2. The summed E-state index contributed by atoms with van der Waals surface area (Å²) >= 11 is 0. The third-order valence-electron chi connectivity index (χ3n) is 7.12. The van der Waals surface area contributed by atoms with Gasteiger partial charge in [-0.1, -0.05) is 6.92 Å². The van der Waals surface area contributed by atoms with Gasteiger partial charge in [0.25, 0.3) is 0 Å². The second-order valence-electron chi connectivity index (χ2n) is 9.53. The Bertz CT molecular complexity index is 991. The van der Waals surface area contributed by atoms with Gasteiger partial charge < -0.3 is 19.9 Å². The molecule has 1 saturated heterocycles. The number of nitrogens with zero attached hydrogens (tertiary/aromatic N) is 5. The number of piperazine rings is 1. The van der Waals surface area contributed by atoms with Gasteiger partial charge in [0, 0.05) is 36.8 Å². The number of anilines is 1. The van der Waals surface area contributed by atoms with E-state index in [1.165, 1.54) is 12.1 Å². The Kier molecular flexibility index (Phi) is 6.35. The summed E-state index contributed by atoms with van der Waals surface area (Å²) in [5.41, 5.74) is 1.57. The smallest absolute Gasteiger partial charge is 0.321 e. The number of aromatic nitrogens is 1. The number of hydrogen-bond acceptors (Lipinski definition) is 6. The number of amides is 2. The highest BCUT2D eigenvalue weighted by Crippen LogP contribution is 2.39. The summed E-state index contributed by atoms with van der Waals surface area (Å²) < 4.78 is 19.8. The number of likely N-dealkylation sites (N-methyl/N-ethyl adjacent to an activating group) is 1. The number of halogens is 1. The molecule has 3 aliphatic heterocycles. The molecule has 33 heavy (non-hydrogen) atoms. The van der Waals surface area contributed by atoms with Gasteiger partial charge >= 0.3 is 6.03 Å². The van der Waals surface area contributed by atoms with E-state index in [0.717, 1.165) is 24.2 Å². The zero-order valence-electron chi connectivity index (χ0n) is 20.5. The van der Waals surface area contributed by atoms with Gasteiger partial charge in [0.05, 0.1) is 25.2 Å². The summed E-state index contributed by atoms with van der Waals surface area (Å²) in [7, 11) is 0. The topological polar surface area (TPSA) is 73.3 Å². The summed E-state index contributed by atoms with van der Waals surface area (Å²) in [5, 5.41) is 3.05. The van der Waals surface area contributed by atoms with Crippen LogP contribution in [-0.2, 0) is 0 Å². The molecule has 9 heteroatoms. The van der Waals surface area contributed by atoms with E-state index < -0.39 is 11.4 Å².